The molecule has 0 aromatic carbocycles. The summed E-state index contributed by atoms with van der Waals surface area (Å²) in [4.78, 5) is 2.62. The van der Waals surface area contributed by atoms with Crippen LogP contribution in [-0.2, 0) is 0 Å². The van der Waals surface area contributed by atoms with Gasteiger partial charge in [0.15, 0.2) is 0 Å². The minimum atomic E-state index is 0.462. The van der Waals surface area contributed by atoms with Gasteiger partial charge in [-0.15, -0.1) is 0 Å². The molecular formula is C15H32N2. The Hall–Kier alpha value is -0.0800. The molecule has 1 fully saturated rings. The van der Waals surface area contributed by atoms with Crippen molar-refractivity contribution in [3.8, 4) is 0 Å². The number of nitrogens with one attached hydrogen (secondary N) is 1. The second-order valence-corrected chi connectivity index (χ2v) is 7.15. The molecule has 0 aromatic rings. The van der Waals surface area contributed by atoms with Gasteiger partial charge in [-0.25, -0.2) is 0 Å². The Labute approximate surface area is 108 Å². The Morgan fingerprint density at radius 3 is 2.47 bits per heavy atom. The highest BCUT2D eigenvalue weighted by Crippen LogP contribution is 2.23. The second-order valence-electron chi connectivity index (χ2n) is 7.15. The molecule has 102 valence electrons. The van der Waals surface area contributed by atoms with Crippen LogP contribution in [0.3, 0.4) is 0 Å². The average molecular weight is 240 g/mol. The van der Waals surface area contributed by atoms with E-state index < -0.39 is 0 Å². The predicted octanol–water partition coefficient (Wildman–Crippen LogP) is 2.99. The number of rotatable bonds is 6. The molecule has 1 atom stereocenters. The molecule has 2 heteroatoms. The minimum absolute atomic E-state index is 0.462. The van der Waals surface area contributed by atoms with E-state index in [-0.39, 0.29) is 0 Å². The first-order valence-corrected chi connectivity index (χ1v) is 7.31. The molecule has 0 aliphatic carbocycles. The molecule has 1 aliphatic heterocycles. The molecule has 0 amide bonds. The fraction of sp³-hybridized carbons (Fsp3) is 1.00. The van der Waals surface area contributed by atoms with E-state index in [9.17, 15) is 0 Å². The summed E-state index contributed by atoms with van der Waals surface area (Å²) in [5.74, 6) is 1.79. The molecule has 1 aliphatic rings. The van der Waals surface area contributed by atoms with Crippen LogP contribution in [0.4, 0.5) is 0 Å². The van der Waals surface area contributed by atoms with E-state index in [1.807, 2.05) is 0 Å². The summed E-state index contributed by atoms with van der Waals surface area (Å²) in [5.41, 5.74) is 0.462. The van der Waals surface area contributed by atoms with Gasteiger partial charge >= 0.3 is 0 Å². The first-order chi connectivity index (χ1) is 7.88. The molecule has 17 heavy (non-hydrogen) atoms. The lowest BCUT2D eigenvalue weighted by Gasteiger charge is -2.20. The standard InChI is InChI=1S/C15H32N2/c1-13(2)14-6-10-17(12-14)11-9-16-8-7-15(3,4)5/h13-14,16H,6-12H2,1-5H3. The molecule has 1 saturated heterocycles. The SMILES string of the molecule is CC(C)C1CCN(CCNCCC(C)(C)C)C1. The van der Waals surface area contributed by atoms with Gasteiger partial charge in [0, 0.05) is 19.6 Å². The van der Waals surface area contributed by atoms with E-state index in [0.29, 0.717) is 5.41 Å². The van der Waals surface area contributed by atoms with Crippen LogP contribution in [0.2, 0.25) is 0 Å². The molecule has 1 unspecified atom stereocenters. The van der Waals surface area contributed by atoms with Gasteiger partial charge in [-0.2, -0.15) is 0 Å². The Morgan fingerprint density at radius 1 is 1.24 bits per heavy atom. The largest absolute Gasteiger partial charge is 0.315 e. The predicted molar refractivity (Wildman–Crippen MR) is 76.3 cm³/mol. The molecule has 0 aromatic heterocycles. The summed E-state index contributed by atoms with van der Waals surface area (Å²) in [6.07, 6.45) is 2.67. The van der Waals surface area contributed by atoms with Crippen LogP contribution in [0.15, 0.2) is 0 Å². The minimum Gasteiger partial charge on any atom is -0.315 e. The first kappa shape index (κ1) is 15.0. The van der Waals surface area contributed by atoms with Crippen LogP contribution in [0.25, 0.3) is 0 Å². The summed E-state index contributed by atoms with van der Waals surface area (Å²) in [7, 11) is 0. The number of hydrogen-bond acceptors (Lipinski definition) is 2. The van der Waals surface area contributed by atoms with Gasteiger partial charge in [-0.05, 0) is 43.2 Å². The summed E-state index contributed by atoms with van der Waals surface area (Å²) in [6, 6.07) is 0. The first-order valence-electron chi connectivity index (χ1n) is 7.31. The van der Waals surface area contributed by atoms with Crippen molar-refractivity contribution in [2.45, 2.75) is 47.5 Å². The molecule has 1 N–H and O–H groups in total. The third-order valence-electron chi connectivity index (χ3n) is 3.91. The van der Waals surface area contributed by atoms with E-state index in [2.05, 4.69) is 44.8 Å². The monoisotopic (exact) mass is 240 g/mol. The van der Waals surface area contributed by atoms with Gasteiger partial charge in [-0.1, -0.05) is 34.6 Å². The fourth-order valence-electron chi connectivity index (χ4n) is 2.44. The molecular weight excluding hydrogens is 208 g/mol. The van der Waals surface area contributed by atoms with Gasteiger partial charge in [0.2, 0.25) is 0 Å². The van der Waals surface area contributed by atoms with Crippen molar-refractivity contribution >= 4 is 0 Å². The lowest BCUT2D eigenvalue weighted by atomic mass is 9.92. The van der Waals surface area contributed by atoms with Crippen molar-refractivity contribution in [3.63, 3.8) is 0 Å². The van der Waals surface area contributed by atoms with Crippen LogP contribution >= 0.6 is 0 Å². The van der Waals surface area contributed by atoms with Gasteiger partial charge in [0.25, 0.3) is 0 Å². The molecule has 0 saturated carbocycles. The maximum absolute atomic E-state index is 3.57. The van der Waals surface area contributed by atoms with Gasteiger partial charge in [0.05, 0.1) is 0 Å². The molecule has 0 spiro atoms. The Balaban J connectivity index is 2.01. The Morgan fingerprint density at radius 2 is 1.94 bits per heavy atom. The number of likely N-dealkylation sites (tertiary alicyclic amines) is 1. The average Bonchev–Trinajstić information content (AvgIpc) is 2.64. The Bertz CT molecular complexity index is 205. The van der Waals surface area contributed by atoms with Crippen LogP contribution in [-0.4, -0.2) is 37.6 Å². The van der Waals surface area contributed by atoms with Crippen LogP contribution in [0.5, 0.6) is 0 Å². The normalized spacial score (nSPS) is 22.6. The van der Waals surface area contributed by atoms with Crippen LogP contribution in [0, 0.1) is 17.3 Å². The van der Waals surface area contributed by atoms with Crippen molar-refractivity contribution in [1.82, 2.24) is 10.2 Å². The zero-order valence-electron chi connectivity index (χ0n) is 12.6. The molecule has 1 rings (SSSR count). The van der Waals surface area contributed by atoms with Gasteiger partial charge in [-0.3, -0.25) is 0 Å². The lowest BCUT2D eigenvalue weighted by Crippen LogP contribution is -2.32. The van der Waals surface area contributed by atoms with Crippen molar-refractivity contribution in [1.29, 1.82) is 0 Å². The zero-order chi connectivity index (χ0) is 12.9. The van der Waals surface area contributed by atoms with E-state index >= 15 is 0 Å². The zero-order valence-corrected chi connectivity index (χ0v) is 12.6. The highest BCUT2D eigenvalue weighted by Gasteiger charge is 2.23. The topological polar surface area (TPSA) is 15.3 Å². The van der Waals surface area contributed by atoms with E-state index in [1.165, 1.54) is 32.5 Å². The van der Waals surface area contributed by atoms with Crippen molar-refractivity contribution < 1.29 is 0 Å². The summed E-state index contributed by atoms with van der Waals surface area (Å²) < 4.78 is 0. The van der Waals surface area contributed by atoms with E-state index in [0.717, 1.165) is 24.9 Å². The van der Waals surface area contributed by atoms with E-state index in [4.69, 9.17) is 0 Å². The van der Waals surface area contributed by atoms with Crippen molar-refractivity contribution in [3.05, 3.63) is 0 Å². The summed E-state index contributed by atoms with van der Waals surface area (Å²) >= 11 is 0. The fourth-order valence-corrected chi connectivity index (χ4v) is 2.44. The van der Waals surface area contributed by atoms with Crippen molar-refractivity contribution in [2.24, 2.45) is 17.3 Å². The third kappa shape index (κ3) is 6.42. The Kier molecular flexibility index (Phi) is 5.94. The summed E-state index contributed by atoms with van der Waals surface area (Å²) in [5, 5.41) is 3.57. The van der Waals surface area contributed by atoms with Gasteiger partial charge < -0.3 is 10.2 Å². The van der Waals surface area contributed by atoms with Crippen LogP contribution < -0.4 is 5.32 Å². The third-order valence-corrected chi connectivity index (χ3v) is 3.91. The maximum atomic E-state index is 3.57. The van der Waals surface area contributed by atoms with Crippen molar-refractivity contribution in [2.75, 3.05) is 32.7 Å². The maximum Gasteiger partial charge on any atom is 0.0107 e. The van der Waals surface area contributed by atoms with Gasteiger partial charge in [0.1, 0.15) is 0 Å². The lowest BCUT2D eigenvalue weighted by molar-refractivity contribution is 0.297. The second kappa shape index (κ2) is 6.75. The molecule has 1 heterocycles. The molecule has 0 radical (unpaired) electrons. The number of nitrogens with zero attached hydrogens (tertiary/aromatic N) is 1. The smallest absolute Gasteiger partial charge is 0.0107 e. The quantitative estimate of drug-likeness (QED) is 0.718. The van der Waals surface area contributed by atoms with E-state index in [1.54, 1.807) is 0 Å². The number of hydrogen-bond donors (Lipinski definition) is 1. The molecule has 0 bridgehead atoms. The van der Waals surface area contributed by atoms with Crippen LogP contribution in [0.1, 0.15) is 47.5 Å². The highest BCUT2D eigenvalue weighted by atomic mass is 15.2. The molecule has 2 nitrogen and oxygen atoms in total. The highest BCUT2D eigenvalue weighted by molar-refractivity contribution is 4.77. The summed E-state index contributed by atoms with van der Waals surface area (Å²) in [6.45, 7) is 17.8.